The van der Waals surface area contributed by atoms with Crippen LogP contribution >= 0.6 is 11.3 Å². The van der Waals surface area contributed by atoms with Gasteiger partial charge in [0.15, 0.2) is 23.3 Å². The summed E-state index contributed by atoms with van der Waals surface area (Å²) in [5.41, 5.74) is 11.1. The molecule has 0 amide bonds. The molecule has 0 unspecified atom stereocenters. The van der Waals surface area contributed by atoms with Gasteiger partial charge in [0.2, 0.25) is 5.13 Å². The minimum absolute atomic E-state index is 0.0830. The Morgan fingerprint density at radius 1 is 1.43 bits per heavy atom. The van der Waals surface area contributed by atoms with Gasteiger partial charge >= 0.3 is 0 Å². The van der Waals surface area contributed by atoms with E-state index in [0.717, 1.165) is 0 Å². The van der Waals surface area contributed by atoms with Gasteiger partial charge in [-0.25, -0.2) is 13.4 Å². The first-order valence-electron chi connectivity index (χ1n) is 6.50. The van der Waals surface area contributed by atoms with E-state index in [9.17, 15) is 8.42 Å². The third-order valence-electron chi connectivity index (χ3n) is 2.64. The summed E-state index contributed by atoms with van der Waals surface area (Å²) in [7, 11) is -1.98. The summed E-state index contributed by atoms with van der Waals surface area (Å²) in [6, 6.07) is 3.27. The normalized spacial score (nSPS) is 12.2. The molecule has 9 nitrogen and oxygen atoms in total. The number of nitrogens with zero attached hydrogens (tertiary/aromatic N) is 3. The standard InChI is InChI=1S/C12H16N6O3S2/c1-3-23(19,20)18-10(15-2)9-5-4-8(21-9)7-6-22-12(16-7)17-11(13)14/h4-6H,3H2,1-2H3,(H,15,18)(H4,13,14,16,17). The molecule has 5 N–H and O–H groups in total. The third-order valence-corrected chi connectivity index (χ3v) is 4.57. The average molecular weight is 356 g/mol. The highest BCUT2D eigenvalue weighted by atomic mass is 32.2. The molecule has 2 rings (SSSR count). The molecule has 0 spiro atoms. The van der Waals surface area contributed by atoms with Gasteiger partial charge in [-0.2, -0.15) is 4.99 Å². The quantitative estimate of drug-likeness (QED) is 0.525. The molecule has 0 aliphatic rings. The maximum atomic E-state index is 11.6. The molecule has 23 heavy (non-hydrogen) atoms. The van der Waals surface area contributed by atoms with Crippen LogP contribution in [0.5, 0.6) is 0 Å². The first-order chi connectivity index (χ1) is 10.8. The zero-order chi connectivity index (χ0) is 17.0. The number of aliphatic imine (C=N–C) groups is 1. The van der Waals surface area contributed by atoms with E-state index in [1.807, 2.05) is 0 Å². The maximum absolute atomic E-state index is 11.6. The summed E-state index contributed by atoms with van der Waals surface area (Å²) in [6.45, 7) is 1.51. The maximum Gasteiger partial charge on any atom is 0.254 e. The lowest BCUT2D eigenvalue weighted by molar-refractivity contribution is 0.566. The number of rotatable bonds is 5. The largest absolute Gasteiger partial charge is 0.451 e. The molecule has 2 aromatic rings. The average Bonchev–Trinajstić information content (AvgIpc) is 3.13. The minimum atomic E-state index is -3.54. The minimum Gasteiger partial charge on any atom is -0.451 e. The van der Waals surface area contributed by atoms with E-state index in [1.165, 1.54) is 18.3 Å². The number of nitrogens with two attached hydrogens (primary N) is 2. The molecule has 2 heterocycles. The van der Waals surface area contributed by atoms with Crippen LogP contribution in [0.25, 0.3) is 11.5 Å². The van der Waals surface area contributed by atoms with Gasteiger partial charge in [0.05, 0.1) is 5.75 Å². The zero-order valence-corrected chi connectivity index (χ0v) is 14.1. The van der Waals surface area contributed by atoms with Crippen molar-refractivity contribution in [2.24, 2.45) is 20.9 Å². The Labute approximate surface area is 137 Å². The molecular formula is C12H16N6O3S2. The molecule has 0 bridgehead atoms. The van der Waals surface area contributed by atoms with Gasteiger partial charge in [0.25, 0.3) is 10.0 Å². The van der Waals surface area contributed by atoms with E-state index in [4.69, 9.17) is 15.9 Å². The van der Waals surface area contributed by atoms with Crippen LogP contribution in [0.1, 0.15) is 12.7 Å². The Bertz CT molecular complexity index is 846. The molecule has 0 saturated carbocycles. The molecule has 11 heteroatoms. The van der Waals surface area contributed by atoms with Gasteiger partial charge in [0, 0.05) is 12.4 Å². The lowest BCUT2D eigenvalue weighted by Crippen LogP contribution is -2.21. The van der Waals surface area contributed by atoms with Crippen molar-refractivity contribution in [3.8, 4) is 11.5 Å². The highest BCUT2D eigenvalue weighted by Gasteiger charge is 2.15. The van der Waals surface area contributed by atoms with Crippen molar-refractivity contribution in [3.63, 3.8) is 0 Å². The number of sulfonamides is 1. The van der Waals surface area contributed by atoms with Crippen molar-refractivity contribution in [3.05, 3.63) is 23.3 Å². The molecule has 0 radical (unpaired) electrons. The van der Waals surface area contributed by atoms with Gasteiger partial charge in [-0.1, -0.05) is 0 Å². The number of thiazole rings is 1. The summed E-state index contributed by atoms with van der Waals surface area (Å²) in [5.74, 6) is 0.680. The number of furan rings is 1. The van der Waals surface area contributed by atoms with Gasteiger partial charge < -0.3 is 21.2 Å². The molecular weight excluding hydrogens is 340 g/mol. The third kappa shape index (κ3) is 4.29. The monoisotopic (exact) mass is 356 g/mol. The fourth-order valence-corrected chi connectivity index (χ4v) is 2.84. The molecule has 0 aromatic carbocycles. The Kier molecular flexibility index (Phi) is 5.01. The zero-order valence-electron chi connectivity index (χ0n) is 12.5. The predicted octanol–water partition coefficient (Wildman–Crippen LogP) is 0.624. The number of guanidine groups is 1. The summed E-state index contributed by atoms with van der Waals surface area (Å²) >= 11 is 1.25. The molecule has 0 aliphatic carbocycles. The van der Waals surface area contributed by atoms with Crippen LogP contribution in [0, 0.1) is 0 Å². The Morgan fingerprint density at radius 3 is 2.78 bits per heavy atom. The first kappa shape index (κ1) is 17.0. The molecule has 0 saturated heterocycles. The second kappa shape index (κ2) is 6.79. The van der Waals surface area contributed by atoms with E-state index in [1.54, 1.807) is 24.6 Å². The number of amidine groups is 1. The highest BCUT2D eigenvalue weighted by Crippen LogP contribution is 2.28. The predicted molar refractivity (Wildman–Crippen MR) is 90.3 cm³/mol. The SMILES string of the molecule is CCS(=O)(=O)N=C(NC)c1ccc(-c2csc(N=C(N)N)n2)o1. The lowest BCUT2D eigenvalue weighted by atomic mass is 10.3. The van der Waals surface area contributed by atoms with Crippen LogP contribution in [0.4, 0.5) is 5.13 Å². The molecule has 124 valence electrons. The van der Waals surface area contributed by atoms with Gasteiger partial charge in [-0.15, -0.1) is 15.7 Å². The van der Waals surface area contributed by atoms with E-state index in [2.05, 4.69) is 19.7 Å². The summed E-state index contributed by atoms with van der Waals surface area (Å²) in [4.78, 5) is 8.05. The van der Waals surface area contributed by atoms with E-state index >= 15 is 0 Å². The Balaban J connectivity index is 2.33. The van der Waals surface area contributed by atoms with Crippen molar-refractivity contribution in [1.82, 2.24) is 10.3 Å². The smallest absolute Gasteiger partial charge is 0.254 e. The van der Waals surface area contributed by atoms with E-state index in [-0.39, 0.29) is 23.3 Å². The van der Waals surface area contributed by atoms with Gasteiger partial charge in [0.1, 0.15) is 5.69 Å². The first-order valence-corrected chi connectivity index (χ1v) is 8.99. The molecule has 0 aliphatic heterocycles. The summed E-state index contributed by atoms with van der Waals surface area (Å²) in [5, 5.41) is 4.83. The molecule has 2 aromatic heterocycles. The molecule has 0 fully saturated rings. The van der Waals surface area contributed by atoms with Crippen LogP contribution in [0.2, 0.25) is 0 Å². The number of hydrogen-bond acceptors (Lipinski definition) is 6. The number of nitrogens with one attached hydrogen (secondary N) is 1. The fourth-order valence-electron chi connectivity index (χ4n) is 1.56. The number of aromatic nitrogens is 1. The topological polar surface area (TPSA) is 149 Å². The van der Waals surface area contributed by atoms with Gasteiger partial charge in [-0.3, -0.25) is 0 Å². The van der Waals surface area contributed by atoms with E-state index in [0.29, 0.717) is 16.6 Å². The van der Waals surface area contributed by atoms with Crippen LogP contribution in [0.3, 0.4) is 0 Å². The Hall–Kier alpha value is -2.40. The van der Waals surface area contributed by atoms with Crippen molar-refractivity contribution >= 4 is 38.3 Å². The second-order valence-corrected chi connectivity index (χ2v) is 7.04. The second-order valence-electron chi connectivity index (χ2n) is 4.28. The summed E-state index contributed by atoms with van der Waals surface area (Å²) < 4.78 is 32.5. The number of hydrogen-bond donors (Lipinski definition) is 3. The van der Waals surface area contributed by atoms with Crippen molar-refractivity contribution < 1.29 is 12.8 Å². The van der Waals surface area contributed by atoms with Crippen molar-refractivity contribution in [1.29, 1.82) is 0 Å². The Morgan fingerprint density at radius 2 is 2.17 bits per heavy atom. The van der Waals surface area contributed by atoms with Gasteiger partial charge in [-0.05, 0) is 19.1 Å². The highest BCUT2D eigenvalue weighted by molar-refractivity contribution is 7.90. The van der Waals surface area contributed by atoms with Crippen LogP contribution in [-0.4, -0.2) is 38.0 Å². The van der Waals surface area contributed by atoms with Crippen molar-refractivity contribution in [2.45, 2.75) is 6.92 Å². The fraction of sp³-hybridized carbons (Fsp3) is 0.250. The van der Waals surface area contributed by atoms with Crippen LogP contribution < -0.4 is 16.8 Å². The van der Waals surface area contributed by atoms with E-state index < -0.39 is 10.0 Å². The van der Waals surface area contributed by atoms with Crippen LogP contribution in [-0.2, 0) is 10.0 Å². The lowest BCUT2D eigenvalue weighted by Gasteiger charge is -2.02. The summed E-state index contributed by atoms with van der Waals surface area (Å²) in [6.07, 6.45) is 0. The molecule has 0 atom stereocenters. The van der Waals surface area contributed by atoms with Crippen LogP contribution in [0.15, 0.2) is 31.3 Å². The van der Waals surface area contributed by atoms with Crippen molar-refractivity contribution in [2.75, 3.05) is 12.8 Å².